The summed E-state index contributed by atoms with van der Waals surface area (Å²) in [5, 5.41) is 17.5. The number of nitrogens with one attached hydrogen (secondary N) is 1. The van der Waals surface area contributed by atoms with E-state index in [1.165, 1.54) is 16.8 Å². The Labute approximate surface area is 140 Å². The predicted molar refractivity (Wildman–Crippen MR) is 84.3 cm³/mol. The summed E-state index contributed by atoms with van der Waals surface area (Å²) < 4.78 is 19.7. The molecule has 0 fully saturated rings. The SMILES string of the molecule is Cc1cc(NC(=O)[C@@H](C)Sc2nnnn2-c2cccc(F)c2)on1. The second kappa shape index (κ2) is 6.79. The van der Waals surface area contributed by atoms with Crippen LogP contribution in [0.5, 0.6) is 0 Å². The van der Waals surface area contributed by atoms with Crippen LogP contribution in [0.25, 0.3) is 5.69 Å². The summed E-state index contributed by atoms with van der Waals surface area (Å²) in [6.45, 7) is 3.46. The van der Waals surface area contributed by atoms with Gasteiger partial charge in [-0.25, -0.2) is 4.39 Å². The topological polar surface area (TPSA) is 98.7 Å². The molecule has 0 saturated heterocycles. The molecule has 3 aromatic rings. The van der Waals surface area contributed by atoms with Gasteiger partial charge in [-0.2, -0.15) is 4.68 Å². The number of hydrogen-bond acceptors (Lipinski definition) is 7. The van der Waals surface area contributed by atoms with Crippen LogP contribution in [0.1, 0.15) is 12.6 Å². The lowest BCUT2D eigenvalue weighted by atomic mass is 10.3. The molecule has 1 N–H and O–H groups in total. The molecule has 0 aliphatic heterocycles. The second-order valence-corrected chi connectivity index (χ2v) is 6.24. The quantitative estimate of drug-likeness (QED) is 0.706. The molecular formula is C14H13FN6O2S. The Bertz CT molecular complexity index is 864. The van der Waals surface area contributed by atoms with Crippen LogP contribution < -0.4 is 5.32 Å². The van der Waals surface area contributed by atoms with Crippen LogP contribution >= 0.6 is 11.8 Å². The van der Waals surface area contributed by atoms with Gasteiger partial charge in [0.1, 0.15) is 5.82 Å². The van der Waals surface area contributed by atoms with Crippen LogP contribution in [0.15, 0.2) is 40.0 Å². The highest BCUT2D eigenvalue weighted by atomic mass is 32.2. The third-order valence-electron chi connectivity index (χ3n) is 3.02. The number of carbonyl (C=O) groups excluding carboxylic acids is 1. The van der Waals surface area contributed by atoms with Gasteiger partial charge in [0, 0.05) is 6.07 Å². The molecule has 1 aromatic carbocycles. The number of aromatic nitrogens is 5. The second-order valence-electron chi connectivity index (χ2n) is 4.94. The Hall–Kier alpha value is -2.75. The van der Waals surface area contributed by atoms with Crippen molar-refractivity contribution in [1.29, 1.82) is 0 Å². The number of rotatable bonds is 5. The number of tetrazole rings is 1. The van der Waals surface area contributed by atoms with Crippen LogP contribution in [-0.2, 0) is 4.79 Å². The number of aryl methyl sites for hydroxylation is 1. The maximum atomic E-state index is 13.4. The summed E-state index contributed by atoms with van der Waals surface area (Å²) in [4.78, 5) is 12.2. The molecule has 0 radical (unpaired) electrons. The molecule has 2 heterocycles. The van der Waals surface area contributed by atoms with E-state index < -0.39 is 11.1 Å². The van der Waals surface area contributed by atoms with E-state index in [4.69, 9.17) is 4.52 Å². The molecule has 10 heteroatoms. The van der Waals surface area contributed by atoms with Crippen molar-refractivity contribution in [3.8, 4) is 5.69 Å². The standard InChI is InChI=1S/C14H13FN6O2S/c1-8-6-12(23-18-8)16-13(22)9(2)24-14-17-19-20-21(14)11-5-3-4-10(15)7-11/h3-7,9H,1-2H3,(H,16,22)/t9-/m1/s1. The lowest BCUT2D eigenvalue weighted by molar-refractivity contribution is -0.115. The molecule has 0 spiro atoms. The Balaban J connectivity index is 1.72. The zero-order chi connectivity index (χ0) is 17.1. The Morgan fingerprint density at radius 3 is 2.96 bits per heavy atom. The zero-order valence-electron chi connectivity index (χ0n) is 12.8. The number of nitrogens with zero attached hydrogens (tertiary/aromatic N) is 5. The fraction of sp³-hybridized carbons (Fsp3) is 0.214. The van der Waals surface area contributed by atoms with E-state index in [0.717, 1.165) is 11.8 Å². The largest absolute Gasteiger partial charge is 0.338 e. The number of thioether (sulfide) groups is 1. The van der Waals surface area contributed by atoms with Crippen molar-refractivity contribution < 1.29 is 13.7 Å². The molecule has 8 nitrogen and oxygen atoms in total. The average molecular weight is 348 g/mol. The number of anilines is 1. The van der Waals surface area contributed by atoms with E-state index in [0.29, 0.717) is 16.5 Å². The van der Waals surface area contributed by atoms with Crippen LogP contribution in [0, 0.1) is 12.7 Å². The lowest BCUT2D eigenvalue weighted by Gasteiger charge is -2.10. The Morgan fingerprint density at radius 2 is 2.25 bits per heavy atom. The summed E-state index contributed by atoms with van der Waals surface area (Å²) in [6, 6.07) is 7.49. The number of amides is 1. The van der Waals surface area contributed by atoms with E-state index in [1.807, 2.05) is 0 Å². The summed E-state index contributed by atoms with van der Waals surface area (Å²) in [7, 11) is 0. The van der Waals surface area contributed by atoms with Crippen molar-refractivity contribution in [3.05, 3.63) is 41.8 Å². The first-order chi connectivity index (χ1) is 11.5. The third kappa shape index (κ3) is 3.59. The molecule has 0 aliphatic rings. The van der Waals surface area contributed by atoms with E-state index in [-0.39, 0.29) is 11.8 Å². The van der Waals surface area contributed by atoms with E-state index >= 15 is 0 Å². The maximum absolute atomic E-state index is 13.4. The molecule has 3 rings (SSSR count). The van der Waals surface area contributed by atoms with Crippen LogP contribution in [-0.4, -0.2) is 36.5 Å². The van der Waals surface area contributed by atoms with Gasteiger partial charge in [-0.1, -0.05) is 23.0 Å². The minimum atomic E-state index is -0.506. The van der Waals surface area contributed by atoms with Crippen molar-refractivity contribution in [2.45, 2.75) is 24.3 Å². The first kappa shape index (κ1) is 16.1. The number of hydrogen-bond donors (Lipinski definition) is 1. The Morgan fingerprint density at radius 1 is 1.42 bits per heavy atom. The molecular weight excluding hydrogens is 335 g/mol. The maximum Gasteiger partial charge on any atom is 0.240 e. The first-order valence-electron chi connectivity index (χ1n) is 6.98. The normalized spacial score (nSPS) is 12.1. The fourth-order valence-electron chi connectivity index (χ4n) is 1.88. The average Bonchev–Trinajstić information content (AvgIpc) is 3.16. The van der Waals surface area contributed by atoms with Gasteiger partial charge in [-0.05, 0) is 42.5 Å². The molecule has 2 aromatic heterocycles. The molecule has 1 atom stereocenters. The van der Waals surface area contributed by atoms with Crippen LogP contribution in [0.3, 0.4) is 0 Å². The van der Waals surface area contributed by atoms with Gasteiger partial charge < -0.3 is 4.52 Å². The smallest absolute Gasteiger partial charge is 0.240 e. The van der Waals surface area contributed by atoms with Crippen molar-refractivity contribution in [2.24, 2.45) is 0 Å². The molecule has 0 saturated carbocycles. The van der Waals surface area contributed by atoms with Gasteiger partial charge >= 0.3 is 0 Å². The highest BCUT2D eigenvalue weighted by Gasteiger charge is 2.20. The zero-order valence-corrected chi connectivity index (χ0v) is 13.6. The predicted octanol–water partition coefficient (Wildman–Crippen LogP) is 2.22. The first-order valence-corrected chi connectivity index (χ1v) is 7.86. The van der Waals surface area contributed by atoms with E-state index in [9.17, 15) is 9.18 Å². The number of benzene rings is 1. The monoisotopic (exact) mass is 348 g/mol. The number of halogens is 1. The van der Waals surface area contributed by atoms with Gasteiger partial charge in [-0.15, -0.1) is 5.10 Å². The highest BCUT2D eigenvalue weighted by Crippen LogP contribution is 2.24. The highest BCUT2D eigenvalue weighted by molar-refractivity contribution is 8.00. The van der Waals surface area contributed by atoms with Crippen molar-refractivity contribution in [1.82, 2.24) is 25.4 Å². The van der Waals surface area contributed by atoms with Crippen LogP contribution in [0.4, 0.5) is 10.3 Å². The summed E-state index contributed by atoms with van der Waals surface area (Å²) in [5.74, 6) is -0.412. The van der Waals surface area contributed by atoms with Gasteiger partial charge in [0.05, 0.1) is 16.6 Å². The number of carbonyl (C=O) groups is 1. The van der Waals surface area contributed by atoms with Crippen molar-refractivity contribution in [3.63, 3.8) is 0 Å². The minimum absolute atomic E-state index is 0.273. The molecule has 1 amide bonds. The minimum Gasteiger partial charge on any atom is -0.338 e. The van der Waals surface area contributed by atoms with Gasteiger partial charge in [0.15, 0.2) is 0 Å². The summed E-state index contributed by atoms with van der Waals surface area (Å²) >= 11 is 1.14. The molecule has 24 heavy (non-hydrogen) atoms. The Kier molecular flexibility index (Phi) is 4.56. The fourth-order valence-corrected chi connectivity index (χ4v) is 2.69. The lowest BCUT2D eigenvalue weighted by Crippen LogP contribution is -2.22. The van der Waals surface area contributed by atoms with Crippen molar-refractivity contribution >= 4 is 23.6 Å². The van der Waals surface area contributed by atoms with Gasteiger partial charge in [0.25, 0.3) is 0 Å². The molecule has 0 aliphatic carbocycles. The van der Waals surface area contributed by atoms with Gasteiger partial charge in [-0.3, -0.25) is 10.1 Å². The van der Waals surface area contributed by atoms with Gasteiger partial charge in [0.2, 0.25) is 16.9 Å². The summed E-state index contributed by atoms with van der Waals surface area (Å²) in [6.07, 6.45) is 0. The molecule has 0 unspecified atom stereocenters. The van der Waals surface area contributed by atoms with Crippen molar-refractivity contribution in [2.75, 3.05) is 5.32 Å². The third-order valence-corrected chi connectivity index (χ3v) is 4.05. The van der Waals surface area contributed by atoms with E-state index in [2.05, 4.69) is 26.0 Å². The summed E-state index contributed by atoms with van der Waals surface area (Å²) in [5.41, 5.74) is 1.14. The molecule has 124 valence electrons. The molecule has 0 bridgehead atoms. The van der Waals surface area contributed by atoms with E-state index in [1.54, 1.807) is 32.0 Å². The van der Waals surface area contributed by atoms with Crippen LogP contribution in [0.2, 0.25) is 0 Å².